The number of hydrogen-bond donors (Lipinski definition) is 1. The Labute approximate surface area is 211 Å². The molecule has 4 nitrogen and oxygen atoms in total. The Morgan fingerprint density at radius 1 is 1.00 bits per heavy atom. The molecule has 0 radical (unpaired) electrons. The second kappa shape index (κ2) is 11.6. The van der Waals surface area contributed by atoms with Crippen LogP contribution in [0.5, 0.6) is 0 Å². The van der Waals surface area contributed by atoms with Gasteiger partial charge in [-0.3, -0.25) is 4.79 Å². The van der Waals surface area contributed by atoms with Crippen LogP contribution in [0.3, 0.4) is 0 Å². The number of aromatic nitrogens is 2. The Kier molecular flexibility index (Phi) is 9.37. The van der Waals surface area contributed by atoms with Crippen LogP contribution in [0, 0.1) is 6.07 Å². The number of ketones is 1. The molecule has 4 rings (SSSR count). The molecule has 33 heavy (non-hydrogen) atoms. The Balaban J connectivity index is 0.000000423. The van der Waals surface area contributed by atoms with Crippen molar-refractivity contribution in [3.63, 3.8) is 0 Å². The summed E-state index contributed by atoms with van der Waals surface area (Å²) in [7, 11) is 0. The molecule has 0 atom stereocenters. The molecular formula is C27H30BN2O2Pt-. The van der Waals surface area contributed by atoms with E-state index in [9.17, 15) is 4.79 Å². The summed E-state index contributed by atoms with van der Waals surface area (Å²) in [5, 5.41) is 8.36. The van der Waals surface area contributed by atoms with Crippen LogP contribution in [0.4, 0.5) is 0 Å². The average Bonchev–Trinajstić information content (AvgIpc) is 3.07. The molecule has 174 valence electrons. The first-order valence-electron chi connectivity index (χ1n) is 11.0. The molecule has 1 aliphatic rings. The molecule has 0 spiro atoms. The van der Waals surface area contributed by atoms with E-state index in [4.69, 9.17) is 10.1 Å². The number of carbonyl (C=O) groups is 1. The van der Waals surface area contributed by atoms with Gasteiger partial charge in [0.05, 0.1) is 5.76 Å². The molecule has 6 heteroatoms. The van der Waals surface area contributed by atoms with E-state index in [2.05, 4.69) is 63.0 Å². The minimum atomic E-state index is -0.125. The first-order chi connectivity index (χ1) is 15.2. The van der Waals surface area contributed by atoms with E-state index in [0.717, 1.165) is 16.9 Å². The van der Waals surface area contributed by atoms with Gasteiger partial charge in [0.25, 0.3) is 0 Å². The van der Waals surface area contributed by atoms with Crippen molar-refractivity contribution in [3.05, 3.63) is 77.8 Å². The predicted molar refractivity (Wildman–Crippen MR) is 133 cm³/mol. The van der Waals surface area contributed by atoms with Crippen LogP contribution in [-0.4, -0.2) is 27.6 Å². The van der Waals surface area contributed by atoms with Crippen LogP contribution in [0.25, 0.3) is 11.3 Å². The standard InChI is InChI=1S/C22H22BN2.C5H8O2.Pt/c1-14(2)16-8-5-9-17(15(3)4)20(16)23-19-11-7-12-24-21(19)18-10-6-13-25-22(18)23;1-4(6)3-5(2)7;/h5-9,11-15H,1-4H3;3,6H,1-2H3;/q-1;;/b;4-3-;. The summed E-state index contributed by atoms with van der Waals surface area (Å²) < 4.78 is 0. The maximum absolute atomic E-state index is 10.0. The summed E-state index contributed by atoms with van der Waals surface area (Å²) in [6.45, 7) is 12.1. The fourth-order valence-electron chi connectivity index (χ4n) is 4.32. The first kappa shape index (κ1) is 26.7. The van der Waals surface area contributed by atoms with Crippen LogP contribution in [0.2, 0.25) is 0 Å². The normalized spacial score (nSPS) is 12.0. The minimum absolute atomic E-state index is 0. The Bertz CT molecular complexity index is 1080. The smallest absolute Gasteiger partial charge is 0.204 e. The van der Waals surface area contributed by atoms with E-state index in [0.29, 0.717) is 11.8 Å². The third-order valence-electron chi connectivity index (χ3n) is 5.55. The van der Waals surface area contributed by atoms with Gasteiger partial charge in [-0.2, -0.15) is 0 Å². The second-order valence-electron chi connectivity index (χ2n) is 8.78. The fraction of sp³-hybridized carbons (Fsp3) is 0.296. The van der Waals surface area contributed by atoms with Gasteiger partial charge in [-0.1, -0.05) is 85.8 Å². The zero-order valence-corrected chi connectivity index (χ0v) is 22.3. The molecule has 3 heterocycles. The quantitative estimate of drug-likeness (QED) is 0.162. The van der Waals surface area contributed by atoms with Gasteiger partial charge in [0.1, 0.15) is 0 Å². The number of aliphatic hydroxyl groups excluding tert-OH is 1. The van der Waals surface area contributed by atoms with Gasteiger partial charge in [0.15, 0.2) is 5.78 Å². The largest absolute Gasteiger partial charge is 0.512 e. The van der Waals surface area contributed by atoms with Crippen LogP contribution in [0.15, 0.2) is 60.6 Å². The Morgan fingerprint density at radius 2 is 1.64 bits per heavy atom. The third-order valence-corrected chi connectivity index (χ3v) is 5.55. The van der Waals surface area contributed by atoms with Gasteiger partial charge in [-0.15, -0.1) is 17.7 Å². The zero-order chi connectivity index (χ0) is 23.4. The Hall–Kier alpha value is -2.52. The van der Waals surface area contributed by atoms with Crippen molar-refractivity contribution >= 4 is 29.0 Å². The number of aliphatic hydroxyl groups is 1. The van der Waals surface area contributed by atoms with E-state index < -0.39 is 0 Å². The number of benzene rings is 1. The molecule has 1 aliphatic heterocycles. The zero-order valence-electron chi connectivity index (χ0n) is 20.0. The molecule has 1 aromatic carbocycles. The minimum Gasteiger partial charge on any atom is -0.512 e. The number of pyridine rings is 2. The molecule has 0 amide bonds. The molecule has 0 bridgehead atoms. The number of hydrogen-bond acceptors (Lipinski definition) is 4. The molecule has 0 saturated heterocycles. The number of nitrogens with zero attached hydrogens (tertiary/aromatic N) is 2. The summed E-state index contributed by atoms with van der Waals surface area (Å²) in [5.41, 5.74) is 8.65. The fourth-order valence-corrected chi connectivity index (χ4v) is 4.32. The predicted octanol–water partition coefficient (Wildman–Crippen LogP) is 4.05. The van der Waals surface area contributed by atoms with Crippen molar-refractivity contribution < 1.29 is 31.0 Å². The van der Waals surface area contributed by atoms with Gasteiger partial charge in [-0.05, 0) is 37.4 Å². The van der Waals surface area contributed by atoms with Crippen LogP contribution < -0.4 is 16.5 Å². The number of rotatable bonds is 4. The summed E-state index contributed by atoms with van der Waals surface area (Å²) in [6, 6.07) is 16.2. The molecular weight excluding hydrogens is 590 g/mol. The number of carbonyl (C=O) groups excluding carboxylic acids is 1. The van der Waals surface area contributed by atoms with E-state index >= 15 is 0 Å². The van der Waals surface area contributed by atoms with Crippen molar-refractivity contribution in [1.29, 1.82) is 0 Å². The van der Waals surface area contributed by atoms with Gasteiger partial charge in [0, 0.05) is 33.3 Å². The maximum Gasteiger partial charge on any atom is 0.204 e. The van der Waals surface area contributed by atoms with Gasteiger partial charge < -0.3 is 15.1 Å². The molecule has 0 fully saturated rings. The van der Waals surface area contributed by atoms with E-state index in [-0.39, 0.29) is 39.3 Å². The van der Waals surface area contributed by atoms with Crippen molar-refractivity contribution in [2.45, 2.75) is 53.4 Å². The molecule has 0 unspecified atom stereocenters. The SMILES string of the molecule is CC(=O)/C=C(/C)O.CC(C)c1cccc(C(C)C)c1B1c2cccnc2-c2[c-]ccnc21.[Pt]. The molecule has 3 aromatic rings. The summed E-state index contributed by atoms with van der Waals surface area (Å²) in [5.74, 6) is 0.864. The first-order valence-corrected chi connectivity index (χ1v) is 11.0. The van der Waals surface area contributed by atoms with Crippen molar-refractivity contribution in [1.82, 2.24) is 9.97 Å². The number of allylic oxidation sites excluding steroid dienone is 2. The topological polar surface area (TPSA) is 63.1 Å². The number of fused-ring (bicyclic) bond motifs is 3. The molecule has 2 aromatic heterocycles. The molecule has 1 N–H and O–H groups in total. The van der Waals surface area contributed by atoms with E-state index in [1.807, 2.05) is 24.5 Å². The van der Waals surface area contributed by atoms with Gasteiger partial charge >= 0.3 is 0 Å². The van der Waals surface area contributed by atoms with Crippen LogP contribution in [-0.2, 0) is 25.9 Å². The monoisotopic (exact) mass is 620 g/mol. The van der Waals surface area contributed by atoms with E-state index in [1.54, 1.807) is 0 Å². The van der Waals surface area contributed by atoms with Crippen molar-refractivity contribution in [2.24, 2.45) is 0 Å². The van der Waals surface area contributed by atoms with Gasteiger partial charge in [-0.25, -0.2) is 0 Å². The van der Waals surface area contributed by atoms with Crippen LogP contribution >= 0.6 is 0 Å². The van der Waals surface area contributed by atoms with Crippen molar-refractivity contribution in [3.8, 4) is 11.3 Å². The average molecular weight is 620 g/mol. The maximum atomic E-state index is 10.0. The molecule has 0 aliphatic carbocycles. The third kappa shape index (κ3) is 5.89. The van der Waals surface area contributed by atoms with Gasteiger partial charge in [0.2, 0.25) is 6.71 Å². The van der Waals surface area contributed by atoms with Crippen molar-refractivity contribution in [2.75, 3.05) is 0 Å². The summed E-state index contributed by atoms with van der Waals surface area (Å²) >= 11 is 0. The van der Waals surface area contributed by atoms with Crippen LogP contribution in [0.1, 0.15) is 64.5 Å². The summed E-state index contributed by atoms with van der Waals surface area (Å²) in [6.07, 6.45) is 4.88. The van der Waals surface area contributed by atoms with E-state index in [1.165, 1.54) is 42.0 Å². The molecule has 0 saturated carbocycles. The summed E-state index contributed by atoms with van der Waals surface area (Å²) in [4.78, 5) is 19.4. The second-order valence-corrected chi connectivity index (χ2v) is 8.78. The Morgan fingerprint density at radius 3 is 2.15 bits per heavy atom.